The number of carbonyl (C=O) groups is 1. The molecule has 0 radical (unpaired) electrons. The van der Waals surface area contributed by atoms with E-state index in [4.69, 9.17) is 25.8 Å². The van der Waals surface area contributed by atoms with Crippen LogP contribution in [0, 0.1) is 0 Å². The minimum atomic E-state index is -0.554. The van der Waals surface area contributed by atoms with Gasteiger partial charge in [-0.05, 0) is 24.3 Å². The van der Waals surface area contributed by atoms with Crippen LogP contribution in [0.1, 0.15) is 16.8 Å². The van der Waals surface area contributed by atoms with Crippen LogP contribution in [0.5, 0.6) is 0 Å². The first-order chi connectivity index (χ1) is 9.13. The number of hydrogen-bond donors (Lipinski definition) is 1. The summed E-state index contributed by atoms with van der Waals surface area (Å²) in [5.74, 6) is -0.472. The lowest BCUT2D eigenvalue weighted by molar-refractivity contribution is -0.127. The first-order valence-corrected chi connectivity index (χ1v) is 6.27. The second kappa shape index (κ2) is 6.34. The molecule has 104 valence electrons. The van der Waals surface area contributed by atoms with Crippen molar-refractivity contribution in [1.82, 2.24) is 0 Å². The molecule has 6 heteroatoms. The van der Waals surface area contributed by atoms with Gasteiger partial charge in [0.2, 0.25) is 0 Å². The van der Waals surface area contributed by atoms with E-state index < -0.39 is 24.5 Å². The number of ether oxygens (including phenoxy) is 3. The third-order valence-electron chi connectivity index (χ3n) is 2.95. The van der Waals surface area contributed by atoms with E-state index in [1.54, 1.807) is 24.3 Å². The van der Waals surface area contributed by atoms with Crippen LogP contribution in [0.25, 0.3) is 0 Å². The Bertz CT molecular complexity index is 433. The van der Waals surface area contributed by atoms with Gasteiger partial charge in [0.15, 0.2) is 6.29 Å². The molecule has 0 aromatic heterocycles. The molecule has 1 heterocycles. The van der Waals surface area contributed by atoms with E-state index in [1.165, 1.54) is 7.11 Å². The second-order valence-electron chi connectivity index (χ2n) is 4.21. The van der Waals surface area contributed by atoms with Crippen molar-refractivity contribution in [1.29, 1.82) is 0 Å². The fourth-order valence-electron chi connectivity index (χ4n) is 1.91. The smallest absolute Gasteiger partial charge is 0.338 e. The van der Waals surface area contributed by atoms with Crippen molar-refractivity contribution in [3.05, 3.63) is 34.9 Å². The first-order valence-electron chi connectivity index (χ1n) is 5.89. The van der Waals surface area contributed by atoms with Crippen LogP contribution in [0.4, 0.5) is 0 Å². The second-order valence-corrected chi connectivity index (χ2v) is 4.65. The van der Waals surface area contributed by atoms with Crippen molar-refractivity contribution in [2.24, 2.45) is 0 Å². The van der Waals surface area contributed by atoms with Gasteiger partial charge in [-0.15, -0.1) is 0 Å². The van der Waals surface area contributed by atoms with E-state index in [0.29, 0.717) is 17.0 Å². The van der Waals surface area contributed by atoms with E-state index in [-0.39, 0.29) is 6.61 Å². The Balaban J connectivity index is 2.00. The summed E-state index contributed by atoms with van der Waals surface area (Å²) in [5, 5.41) is 9.73. The quantitative estimate of drug-likeness (QED) is 0.852. The summed E-state index contributed by atoms with van der Waals surface area (Å²) in [4.78, 5) is 11.9. The molecule has 1 fully saturated rings. The number of methoxy groups -OCH3 is 1. The molecule has 0 amide bonds. The summed E-state index contributed by atoms with van der Waals surface area (Å²) < 4.78 is 15.7. The normalized spacial score (nSPS) is 26.4. The zero-order valence-electron chi connectivity index (χ0n) is 10.4. The Labute approximate surface area is 116 Å². The van der Waals surface area contributed by atoms with Crippen molar-refractivity contribution in [3.8, 4) is 0 Å². The Hall–Kier alpha value is -1.14. The summed E-state index contributed by atoms with van der Waals surface area (Å²) >= 11 is 5.75. The molecular formula is C13H15ClO5. The van der Waals surface area contributed by atoms with Crippen LogP contribution in [-0.4, -0.2) is 43.3 Å². The molecule has 1 N–H and O–H groups in total. The molecule has 1 aliphatic rings. The third-order valence-corrected chi connectivity index (χ3v) is 3.20. The average molecular weight is 287 g/mol. The maximum absolute atomic E-state index is 11.9. The molecule has 0 saturated carbocycles. The molecule has 1 aliphatic heterocycles. The van der Waals surface area contributed by atoms with Crippen molar-refractivity contribution in [3.63, 3.8) is 0 Å². The Morgan fingerprint density at radius 3 is 2.74 bits per heavy atom. The predicted molar refractivity (Wildman–Crippen MR) is 68.0 cm³/mol. The highest BCUT2D eigenvalue weighted by atomic mass is 35.5. The molecule has 3 atom stereocenters. The van der Waals surface area contributed by atoms with Crippen molar-refractivity contribution in [2.75, 3.05) is 13.7 Å². The molecular weight excluding hydrogens is 272 g/mol. The average Bonchev–Trinajstić information content (AvgIpc) is 2.81. The lowest BCUT2D eigenvalue weighted by Crippen LogP contribution is -2.30. The molecule has 5 nitrogen and oxygen atoms in total. The van der Waals surface area contributed by atoms with E-state index in [0.717, 1.165) is 0 Å². The van der Waals surface area contributed by atoms with Crippen LogP contribution in [0.3, 0.4) is 0 Å². The van der Waals surface area contributed by atoms with Gasteiger partial charge in [0.25, 0.3) is 0 Å². The summed E-state index contributed by atoms with van der Waals surface area (Å²) in [5.41, 5.74) is 0.405. The van der Waals surface area contributed by atoms with Crippen LogP contribution in [0.2, 0.25) is 5.02 Å². The number of rotatable bonds is 4. The lowest BCUT2D eigenvalue weighted by Gasteiger charge is -2.16. The fraction of sp³-hybridized carbons (Fsp3) is 0.462. The van der Waals surface area contributed by atoms with Gasteiger partial charge in [-0.1, -0.05) is 11.6 Å². The molecule has 1 unspecified atom stereocenters. The molecule has 0 spiro atoms. The number of hydrogen-bond acceptors (Lipinski definition) is 5. The molecule has 0 bridgehead atoms. The minimum absolute atomic E-state index is 0.224. The van der Waals surface area contributed by atoms with Crippen molar-refractivity contribution in [2.45, 2.75) is 24.9 Å². The summed E-state index contributed by atoms with van der Waals surface area (Å²) in [6.45, 7) is -0.224. The SMILES string of the molecule is COC1C[C@H](OC(=O)c2ccc(Cl)cc2)[C@@H](CO)O1. The topological polar surface area (TPSA) is 65.0 Å². The summed E-state index contributed by atoms with van der Waals surface area (Å²) in [6.07, 6.45) is -1.12. The van der Waals surface area contributed by atoms with Gasteiger partial charge in [-0.2, -0.15) is 0 Å². The fourth-order valence-corrected chi connectivity index (χ4v) is 2.03. The predicted octanol–water partition coefficient (Wildman–Crippen LogP) is 1.62. The largest absolute Gasteiger partial charge is 0.456 e. The van der Waals surface area contributed by atoms with Crippen LogP contribution >= 0.6 is 11.6 Å². The third kappa shape index (κ3) is 3.45. The highest BCUT2D eigenvalue weighted by molar-refractivity contribution is 6.30. The van der Waals surface area contributed by atoms with Crippen LogP contribution < -0.4 is 0 Å². The van der Waals surface area contributed by atoms with E-state index >= 15 is 0 Å². The number of benzene rings is 1. The van der Waals surface area contributed by atoms with Gasteiger partial charge in [-0.3, -0.25) is 0 Å². The maximum Gasteiger partial charge on any atom is 0.338 e. The molecule has 19 heavy (non-hydrogen) atoms. The Kier molecular flexibility index (Phi) is 4.76. The molecule has 0 aliphatic carbocycles. The van der Waals surface area contributed by atoms with Crippen molar-refractivity contribution >= 4 is 17.6 Å². The monoisotopic (exact) mass is 286 g/mol. The van der Waals surface area contributed by atoms with Gasteiger partial charge >= 0.3 is 5.97 Å². The highest BCUT2D eigenvalue weighted by Gasteiger charge is 2.37. The molecule has 1 aromatic carbocycles. The Morgan fingerprint density at radius 1 is 1.47 bits per heavy atom. The summed E-state index contributed by atoms with van der Waals surface area (Å²) in [6, 6.07) is 6.40. The van der Waals surface area contributed by atoms with Crippen molar-refractivity contribution < 1.29 is 24.1 Å². The van der Waals surface area contributed by atoms with Gasteiger partial charge in [0, 0.05) is 18.6 Å². The number of carbonyl (C=O) groups excluding carboxylic acids is 1. The van der Waals surface area contributed by atoms with Crippen LogP contribution in [-0.2, 0) is 14.2 Å². The van der Waals surface area contributed by atoms with Crippen LogP contribution in [0.15, 0.2) is 24.3 Å². The molecule has 2 rings (SSSR count). The zero-order valence-corrected chi connectivity index (χ0v) is 11.2. The molecule has 1 aromatic rings. The van der Waals surface area contributed by atoms with Gasteiger partial charge in [-0.25, -0.2) is 4.79 Å². The zero-order chi connectivity index (χ0) is 13.8. The minimum Gasteiger partial charge on any atom is -0.456 e. The first kappa shape index (κ1) is 14.3. The van der Waals surface area contributed by atoms with E-state index in [1.807, 2.05) is 0 Å². The number of aliphatic hydroxyl groups is 1. The Morgan fingerprint density at radius 2 is 2.16 bits per heavy atom. The molecule has 1 saturated heterocycles. The maximum atomic E-state index is 11.9. The van der Waals surface area contributed by atoms with Gasteiger partial charge < -0.3 is 19.3 Å². The van der Waals surface area contributed by atoms with E-state index in [2.05, 4.69) is 0 Å². The standard InChI is InChI=1S/C13H15ClO5/c1-17-12-6-10(11(7-15)18-12)19-13(16)8-2-4-9(14)5-3-8/h2-5,10-12,15H,6-7H2,1H3/t10-,11+,12?/m0/s1. The number of aliphatic hydroxyl groups excluding tert-OH is 1. The number of halogens is 1. The number of esters is 1. The van der Waals surface area contributed by atoms with E-state index in [9.17, 15) is 9.90 Å². The highest BCUT2D eigenvalue weighted by Crippen LogP contribution is 2.24. The lowest BCUT2D eigenvalue weighted by atomic mass is 10.2. The summed E-state index contributed by atoms with van der Waals surface area (Å²) in [7, 11) is 1.50. The van der Waals surface area contributed by atoms with Gasteiger partial charge in [0.05, 0.1) is 12.2 Å². The van der Waals surface area contributed by atoms with Gasteiger partial charge in [0.1, 0.15) is 12.2 Å².